The van der Waals surface area contributed by atoms with Gasteiger partial charge in [0.25, 0.3) is 5.91 Å². The van der Waals surface area contributed by atoms with Crippen molar-refractivity contribution in [1.29, 1.82) is 0 Å². The van der Waals surface area contributed by atoms with Crippen LogP contribution in [0.4, 0.5) is 5.69 Å². The molecule has 0 radical (unpaired) electrons. The third kappa shape index (κ3) is 2.85. The SMILES string of the molecule is CCC(C(=O)O)C1COc2ccccc2N1C(=O)c1ccccc1. The van der Waals surface area contributed by atoms with Gasteiger partial charge in [-0.15, -0.1) is 0 Å². The molecule has 3 rings (SSSR count). The molecule has 0 fully saturated rings. The van der Waals surface area contributed by atoms with E-state index in [1.807, 2.05) is 25.1 Å². The van der Waals surface area contributed by atoms with Crippen LogP contribution in [0.5, 0.6) is 5.75 Å². The van der Waals surface area contributed by atoms with Crippen LogP contribution in [-0.2, 0) is 4.79 Å². The highest BCUT2D eigenvalue weighted by molar-refractivity contribution is 6.08. The van der Waals surface area contributed by atoms with Crippen molar-refractivity contribution >= 4 is 17.6 Å². The van der Waals surface area contributed by atoms with Gasteiger partial charge in [0, 0.05) is 5.56 Å². The molecular weight excluding hydrogens is 306 g/mol. The molecule has 2 aromatic rings. The number of aliphatic carboxylic acids is 1. The lowest BCUT2D eigenvalue weighted by atomic mass is 9.93. The number of rotatable bonds is 4. The zero-order valence-corrected chi connectivity index (χ0v) is 13.4. The molecular formula is C19H19NO4. The molecule has 0 saturated carbocycles. The van der Waals surface area contributed by atoms with Crippen LogP contribution in [0.1, 0.15) is 23.7 Å². The smallest absolute Gasteiger partial charge is 0.308 e. The molecule has 0 aromatic heterocycles. The minimum atomic E-state index is -0.920. The number of hydrogen-bond donors (Lipinski definition) is 1. The van der Waals surface area contributed by atoms with Gasteiger partial charge in [0.1, 0.15) is 12.4 Å². The van der Waals surface area contributed by atoms with Crippen molar-refractivity contribution in [2.45, 2.75) is 19.4 Å². The van der Waals surface area contributed by atoms with Gasteiger partial charge in [-0.1, -0.05) is 37.3 Å². The Bertz CT molecular complexity index is 744. The number of carbonyl (C=O) groups excluding carboxylic acids is 1. The van der Waals surface area contributed by atoms with Gasteiger partial charge in [-0.05, 0) is 30.7 Å². The van der Waals surface area contributed by atoms with Crippen LogP contribution in [0.2, 0.25) is 0 Å². The Morgan fingerprint density at radius 2 is 1.83 bits per heavy atom. The van der Waals surface area contributed by atoms with E-state index >= 15 is 0 Å². The second-order valence-electron chi connectivity index (χ2n) is 5.74. The molecule has 0 spiro atoms. The zero-order valence-electron chi connectivity index (χ0n) is 13.4. The van der Waals surface area contributed by atoms with Crippen molar-refractivity contribution < 1.29 is 19.4 Å². The number of carboxylic acids is 1. The van der Waals surface area contributed by atoms with Gasteiger partial charge in [-0.25, -0.2) is 0 Å². The Balaban J connectivity index is 2.07. The predicted molar refractivity (Wildman–Crippen MR) is 90.4 cm³/mol. The van der Waals surface area contributed by atoms with Gasteiger partial charge in [-0.2, -0.15) is 0 Å². The maximum Gasteiger partial charge on any atom is 0.308 e. The van der Waals surface area contributed by atoms with E-state index in [1.165, 1.54) is 0 Å². The molecule has 1 aliphatic heterocycles. The van der Waals surface area contributed by atoms with Crippen LogP contribution in [0, 0.1) is 5.92 Å². The van der Waals surface area contributed by atoms with Crippen molar-refractivity contribution in [3.05, 3.63) is 60.2 Å². The van der Waals surface area contributed by atoms with E-state index < -0.39 is 17.9 Å². The first-order chi connectivity index (χ1) is 11.6. The fraction of sp³-hybridized carbons (Fsp3) is 0.263. The minimum Gasteiger partial charge on any atom is -0.489 e. The number of carboxylic acid groups (broad SMARTS) is 1. The normalized spacial score (nSPS) is 17.5. The standard InChI is InChI=1S/C19H19NO4/c1-2-14(19(22)23)16-12-24-17-11-7-6-10-15(17)20(16)18(21)13-8-4-3-5-9-13/h3-11,14,16H,2,12H2,1H3,(H,22,23). The van der Waals surface area contributed by atoms with Crippen molar-refractivity contribution in [2.75, 3.05) is 11.5 Å². The summed E-state index contributed by atoms with van der Waals surface area (Å²) in [5, 5.41) is 9.55. The molecule has 2 unspecified atom stereocenters. The maximum absolute atomic E-state index is 13.1. The van der Waals surface area contributed by atoms with Crippen LogP contribution in [0.3, 0.4) is 0 Å². The number of amides is 1. The van der Waals surface area contributed by atoms with E-state index in [4.69, 9.17) is 4.74 Å². The number of benzene rings is 2. The van der Waals surface area contributed by atoms with E-state index in [9.17, 15) is 14.7 Å². The molecule has 1 amide bonds. The summed E-state index contributed by atoms with van der Waals surface area (Å²) in [4.78, 5) is 26.3. The van der Waals surface area contributed by atoms with E-state index in [1.54, 1.807) is 41.3 Å². The lowest BCUT2D eigenvalue weighted by Crippen LogP contribution is -2.52. The number of nitrogens with zero attached hydrogens (tertiary/aromatic N) is 1. The lowest BCUT2D eigenvalue weighted by molar-refractivity contribution is -0.142. The fourth-order valence-electron chi connectivity index (χ4n) is 3.09. The fourth-order valence-corrected chi connectivity index (χ4v) is 3.09. The highest BCUT2D eigenvalue weighted by Crippen LogP contribution is 2.37. The Hall–Kier alpha value is -2.82. The van der Waals surface area contributed by atoms with E-state index in [2.05, 4.69) is 0 Å². The number of hydrogen-bond acceptors (Lipinski definition) is 3. The van der Waals surface area contributed by atoms with Crippen LogP contribution in [0.25, 0.3) is 0 Å². The zero-order chi connectivity index (χ0) is 17.1. The Morgan fingerprint density at radius 1 is 1.17 bits per heavy atom. The average molecular weight is 325 g/mol. The summed E-state index contributed by atoms with van der Waals surface area (Å²) in [5.74, 6) is -1.23. The second-order valence-corrected chi connectivity index (χ2v) is 5.74. The molecule has 1 heterocycles. The molecule has 0 saturated heterocycles. The summed E-state index contributed by atoms with van der Waals surface area (Å²) >= 11 is 0. The molecule has 2 aromatic carbocycles. The first kappa shape index (κ1) is 16.1. The van der Waals surface area contributed by atoms with Crippen molar-refractivity contribution in [3.8, 4) is 5.75 Å². The third-order valence-corrected chi connectivity index (χ3v) is 4.33. The Labute approximate surface area is 140 Å². The maximum atomic E-state index is 13.1. The topological polar surface area (TPSA) is 66.8 Å². The quantitative estimate of drug-likeness (QED) is 0.937. The summed E-state index contributed by atoms with van der Waals surface area (Å²) in [6, 6.07) is 15.6. The molecule has 124 valence electrons. The monoisotopic (exact) mass is 325 g/mol. The first-order valence-electron chi connectivity index (χ1n) is 7.96. The summed E-state index contributed by atoms with van der Waals surface area (Å²) in [7, 11) is 0. The number of para-hydroxylation sites is 2. The average Bonchev–Trinajstić information content (AvgIpc) is 2.62. The summed E-state index contributed by atoms with van der Waals surface area (Å²) < 4.78 is 5.73. The first-order valence-corrected chi connectivity index (χ1v) is 7.96. The highest BCUT2D eigenvalue weighted by Gasteiger charge is 2.39. The molecule has 0 bridgehead atoms. The van der Waals surface area contributed by atoms with Crippen LogP contribution < -0.4 is 9.64 Å². The van der Waals surface area contributed by atoms with Gasteiger partial charge in [0.2, 0.25) is 0 Å². The minimum absolute atomic E-state index is 0.167. The van der Waals surface area contributed by atoms with Gasteiger partial charge in [-0.3, -0.25) is 14.5 Å². The van der Waals surface area contributed by atoms with Crippen LogP contribution in [0.15, 0.2) is 54.6 Å². The Kier molecular flexibility index (Phi) is 4.51. The van der Waals surface area contributed by atoms with Gasteiger partial charge >= 0.3 is 5.97 Å². The molecule has 24 heavy (non-hydrogen) atoms. The summed E-state index contributed by atoms with van der Waals surface area (Å²) in [6.07, 6.45) is 0.421. The number of carbonyl (C=O) groups is 2. The Morgan fingerprint density at radius 3 is 2.50 bits per heavy atom. The van der Waals surface area contributed by atoms with Gasteiger partial charge in [0.15, 0.2) is 0 Å². The largest absolute Gasteiger partial charge is 0.489 e. The molecule has 5 heteroatoms. The second kappa shape index (κ2) is 6.74. The predicted octanol–water partition coefficient (Wildman–Crippen LogP) is 3.21. The summed E-state index contributed by atoms with van der Waals surface area (Å²) in [6.45, 7) is 1.98. The van der Waals surface area contributed by atoms with Gasteiger partial charge < -0.3 is 9.84 Å². The van der Waals surface area contributed by atoms with Crippen molar-refractivity contribution in [2.24, 2.45) is 5.92 Å². The van der Waals surface area contributed by atoms with Crippen molar-refractivity contribution in [1.82, 2.24) is 0 Å². The highest BCUT2D eigenvalue weighted by atomic mass is 16.5. The molecule has 2 atom stereocenters. The molecule has 0 aliphatic carbocycles. The van der Waals surface area contributed by atoms with E-state index in [0.717, 1.165) is 0 Å². The van der Waals surface area contributed by atoms with Crippen LogP contribution in [-0.4, -0.2) is 29.6 Å². The number of fused-ring (bicyclic) bond motifs is 1. The lowest BCUT2D eigenvalue weighted by Gasteiger charge is -2.39. The van der Waals surface area contributed by atoms with Crippen LogP contribution >= 0.6 is 0 Å². The number of ether oxygens (including phenoxy) is 1. The van der Waals surface area contributed by atoms with E-state index in [-0.39, 0.29) is 12.5 Å². The number of anilines is 1. The van der Waals surface area contributed by atoms with Gasteiger partial charge in [0.05, 0.1) is 17.6 Å². The summed E-state index contributed by atoms with van der Waals surface area (Å²) in [5.41, 5.74) is 1.14. The van der Waals surface area contributed by atoms with E-state index in [0.29, 0.717) is 23.4 Å². The third-order valence-electron chi connectivity index (χ3n) is 4.33. The molecule has 1 N–H and O–H groups in total. The molecule has 5 nitrogen and oxygen atoms in total. The molecule has 1 aliphatic rings. The van der Waals surface area contributed by atoms with Crippen molar-refractivity contribution in [3.63, 3.8) is 0 Å².